The number of oxime groups is 1. The SMILES string of the molecule is COc1ccccc1NC(=O)N(Cc1ccc(F)cc1)C[C@H]1CC(c2ccccc2)=NO1. The Morgan fingerprint density at radius 3 is 2.56 bits per heavy atom. The van der Waals surface area contributed by atoms with Gasteiger partial charge in [-0.25, -0.2) is 9.18 Å². The van der Waals surface area contributed by atoms with Gasteiger partial charge in [-0.15, -0.1) is 0 Å². The van der Waals surface area contributed by atoms with Crippen molar-refractivity contribution in [3.8, 4) is 5.75 Å². The van der Waals surface area contributed by atoms with Crippen LogP contribution in [0.1, 0.15) is 17.5 Å². The summed E-state index contributed by atoms with van der Waals surface area (Å²) in [5, 5.41) is 7.12. The smallest absolute Gasteiger partial charge is 0.322 e. The number of carbonyl (C=O) groups excluding carboxylic acids is 1. The minimum atomic E-state index is -0.321. The minimum absolute atomic E-state index is 0.283. The third kappa shape index (κ3) is 5.24. The van der Waals surface area contributed by atoms with Gasteiger partial charge >= 0.3 is 6.03 Å². The molecule has 7 heteroatoms. The Morgan fingerprint density at radius 1 is 1.09 bits per heavy atom. The zero-order valence-corrected chi connectivity index (χ0v) is 17.7. The average Bonchev–Trinajstić information content (AvgIpc) is 3.29. The number of carbonyl (C=O) groups is 1. The van der Waals surface area contributed by atoms with Gasteiger partial charge in [-0.05, 0) is 35.4 Å². The van der Waals surface area contributed by atoms with Gasteiger partial charge in [0.1, 0.15) is 11.6 Å². The third-order valence-electron chi connectivity index (χ3n) is 5.19. The Hall–Kier alpha value is -3.87. The predicted octanol–water partition coefficient (Wildman–Crippen LogP) is 5.06. The van der Waals surface area contributed by atoms with Crippen LogP contribution in [0.25, 0.3) is 0 Å². The number of para-hydroxylation sites is 2. The second-order valence-electron chi connectivity index (χ2n) is 7.47. The molecule has 1 N–H and O–H groups in total. The zero-order valence-electron chi connectivity index (χ0n) is 17.7. The molecule has 0 radical (unpaired) electrons. The van der Waals surface area contributed by atoms with Gasteiger partial charge in [0.15, 0.2) is 6.10 Å². The highest BCUT2D eigenvalue weighted by Gasteiger charge is 2.27. The van der Waals surface area contributed by atoms with Crippen molar-refractivity contribution >= 4 is 17.4 Å². The van der Waals surface area contributed by atoms with Crippen LogP contribution in [-0.4, -0.2) is 36.4 Å². The molecule has 1 atom stereocenters. The number of methoxy groups -OCH3 is 1. The summed E-state index contributed by atoms with van der Waals surface area (Å²) >= 11 is 0. The minimum Gasteiger partial charge on any atom is -0.495 e. The van der Waals surface area contributed by atoms with Crippen molar-refractivity contribution in [3.05, 3.63) is 95.8 Å². The van der Waals surface area contributed by atoms with Gasteiger partial charge in [-0.2, -0.15) is 0 Å². The fourth-order valence-electron chi connectivity index (χ4n) is 3.54. The van der Waals surface area contributed by atoms with Gasteiger partial charge in [-0.3, -0.25) is 0 Å². The van der Waals surface area contributed by atoms with Crippen LogP contribution in [0.2, 0.25) is 0 Å². The van der Waals surface area contributed by atoms with E-state index in [1.165, 1.54) is 12.1 Å². The number of nitrogens with one attached hydrogen (secondary N) is 1. The van der Waals surface area contributed by atoms with Crippen LogP contribution in [0.5, 0.6) is 5.75 Å². The number of hydrogen-bond donors (Lipinski definition) is 1. The van der Waals surface area contributed by atoms with E-state index < -0.39 is 0 Å². The van der Waals surface area contributed by atoms with Crippen LogP contribution >= 0.6 is 0 Å². The monoisotopic (exact) mass is 433 g/mol. The van der Waals surface area contributed by atoms with Crippen molar-refractivity contribution in [3.63, 3.8) is 0 Å². The molecule has 0 aliphatic carbocycles. The summed E-state index contributed by atoms with van der Waals surface area (Å²) in [7, 11) is 1.55. The number of anilines is 1. The maximum absolute atomic E-state index is 13.3. The molecule has 32 heavy (non-hydrogen) atoms. The lowest BCUT2D eigenvalue weighted by Crippen LogP contribution is -2.40. The molecule has 0 aromatic heterocycles. The molecular weight excluding hydrogens is 409 g/mol. The van der Waals surface area contributed by atoms with E-state index in [0.29, 0.717) is 30.9 Å². The molecule has 1 heterocycles. The van der Waals surface area contributed by atoms with Gasteiger partial charge in [0.05, 0.1) is 25.1 Å². The van der Waals surface area contributed by atoms with Crippen LogP contribution in [-0.2, 0) is 11.4 Å². The lowest BCUT2D eigenvalue weighted by atomic mass is 10.0. The zero-order chi connectivity index (χ0) is 22.3. The number of hydrogen-bond acceptors (Lipinski definition) is 4. The second-order valence-corrected chi connectivity index (χ2v) is 7.47. The highest BCUT2D eigenvalue weighted by molar-refractivity contribution is 6.01. The van der Waals surface area contributed by atoms with E-state index in [2.05, 4.69) is 10.5 Å². The number of nitrogens with zero attached hydrogens (tertiary/aromatic N) is 2. The van der Waals surface area contributed by atoms with Crippen molar-refractivity contribution in [2.75, 3.05) is 19.0 Å². The van der Waals surface area contributed by atoms with E-state index in [1.54, 1.807) is 36.3 Å². The van der Waals surface area contributed by atoms with Gasteiger partial charge in [0.2, 0.25) is 0 Å². The van der Waals surface area contributed by atoms with Crippen LogP contribution in [0.4, 0.5) is 14.9 Å². The molecule has 0 saturated heterocycles. The summed E-state index contributed by atoms with van der Waals surface area (Å²) in [4.78, 5) is 20.5. The summed E-state index contributed by atoms with van der Waals surface area (Å²) in [5.41, 5.74) is 3.22. The fourth-order valence-corrected chi connectivity index (χ4v) is 3.54. The predicted molar refractivity (Wildman–Crippen MR) is 121 cm³/mol. The van der Waals surface area contributed by atoms with Gasteiger partial charge in [0.25, 0.3) is 0 Å². The molecule has 0 unspecified atom stereocenters. The molecule has 0 spiro atoms. The topological polar surface area (TPSA) is 63.2 Å². The van der Waals surface area contributed by atoms with Gasteiger partial charge < -0.3 is 19.8 Å². The molecule has 1 aliphatic heterocycles. The molecule has 1 aliphatic rings. The molecule has 0 fully saturated rings. The molecule has 2 amide bonds. The molecule has 3 aromatic rings. The highest BCUT2D eigenvalue weighted by atomic mass is 19.1. The lowest BCUT2D eigenvalue weighted by molar-refractivity contribution is 0.0608. The van der Waals surface area contributed by atoms with E-state index in [9.17, 15) is 9.18 Å². The Kier molecular flexibility index (Phi) is 6.65. The Balaban J connectivity index is 1.48. The number of ether oxygens (including phenoxy) is 1. The Morgan fingerprint density at radius 2 is 1.81 bits per heavy atom. The molecule has 3 aromatic carbocycles. The molecule has 4 rings (SSSR count). The third-order valence-corrected chi connectivity index (χ3v) is 5.19. The molecule has 0 bridgehead atoms. The first-order valence-corrected chi connectivity index (χ1v) is 10.3. The van der Waals surface area contributed by atoms with E-state index in [4.69, 9.17) is 9.57 Å². The number of amides is 2. The summed E-state index contributed by atoms with van der Waals surface area (Å²) < 4.78 is 18.7. The van der Waals surface area contributed by atoms with Crippen molar-refractivity contribution in [2.24, 2.45) is 5.16 Å². The Bertz CT molecular complexity index is 1090. The largest absolute Gasteiger partial charge is 0.495 e. The van der Waals surface area contributed by atoms with E-state index in [-0.39, 0.29) is 18.0 Å². The highest BCUT2D eigenvalue weighted by Crippen LogP contribution is 2.24. The molecule has 0 saturated carbocycles. The molecule has 164 valence electrons. The quantitative estimate of drug-likeness (QED) is 0.566. The fraction of sp³-hybridized carbons (Fsp3) is 0.200. The van der Waals surface area contributed by atoms with Crippen LogP contribution in [0.15, 0.2) is 84.0 Å². The first-order valence-electron chi connectivity index (χ1n) is 10.3. The second kappa shape index (κ2) is 9.96. The molecular formula is C25H24FN3O3. The number of urea groups is 1. The van der Waals surface area contributed by atoms with Gasteiger partial charge in [-0.1, -0.05) is 59.8 Å². The van der Waals surface area contributed by atoms with E-state index in [0.717, 1.165) is 16.8 Å². The van der Waals surface area contributed by atoms with Crippen molar-refractivity contribution in [1.82, 2.24) is 4.90 Å². The number of rotatable bonds is 7. The number of halogens is 1. The summed E-state index contributed by atoms with van der Waals surface area (Å²) in [6.07, 6.45) is 0.306. The van der Waals surface area contributed by atoms with E-state index >= 15 is 0 Å². The van der Waals surface area contributed by atoms with Gasteiger partial charge in [0, 0.05) is 13.0 Å². The maximum Gasteiger partial charge on any atom is 0.322 e. The summed E-state index contributed by atoms with van der Waals surface area (Å²) in [5.74, 6) is 0.244. The Labute approximate surface area is 186 Å². The van der Waals surface area contributed by atoms with Crippen LogP contribution < -0.4 is 10.1 Å². The lowest BCUT2D eigenvalue weighted by Gasteiger charge is -2.25. The van der Waals surface area contributed by atoms with Crippen molar-refractivity contribution < 1.29 is 18.8 Å². The maximum atomic E-state index is 13.3. The average molecular weight is 433 g/mol. The van der Waals surface area contributed by atoms with E-state index in [1.807, 2.05) is 42.5 Å². The number of benzene rings is 3. The van der Waals surface area contributed by atoms with Crippen molar-refractivity contribution in [1.29, 1.82) is 0 Å². The molecule has 6 nitrogen and oxygen atoms in total. The standard InChI is InChI=1S/C25H24FN3O3/c1-31-24-10-6-5-9-22(24)27-25(30)29(16-18-11-13-20(26)14-12-18)17-21-15-23(28-32-21)19-7-3-2-4-8-19/h2-14,21H,15-17H2,1H3,(H,27,30)/t21-/m1/s1. The first-order chi connectivity index (χ1) is 15.6. The normalized spacial score (nSPS) is 14.9. The summed E-state index contributed by atoms with van der Waals surface area (Å²) in [6, 6.07) is 22.8. The first kappa shape index (κ1) is 21.4. The van der Waals surface area contributed by atoms with Crippen LogP contribution in [0, 0.1) is 5.82 Å². The van der Waals surface area contributed by atoms with Crippen molar-refractivity contribution in [2.45, 2.75) is 19.1 Å². The van der Waals surface area contributed by atoms with Crippen LogP contribution in [0.3, 0.4) is 0 Å². The summed E-state index contributed by atoms with van der Waals surface area (Å²) in [6.45, 7) is 0.611.